The monoisotopic (exact) mass is 343 g/mol. The first-order valence-electron chi connectivity index (χ1n) is 8.67. The lowest BCUT2D eigenvalue weighted by atomic mass is 9.97. The number of urea groups is 1. The van der Waals surface area contributed by atoms with Gasteiger partial charge in [-0.2, -0.15) is 0 Å². The number of carbonyl (C=O) groups excluding carboxylic acids is 1. The molecule has 6 nitrogen and oxygen atoms in total. The van der Waals surface area contributed by atoms with Crippen molar-refractivity contribution in [2.45, 2.75) is 19.4 Å². The summed E-state index contributed by atoms with van der Waals surface area (Å²) in [5, 5.41) is 5.81. The van der Waals surface area contributed by atoms with Crippen LogP contribution in [0, 0.1) is 5.92 Å². The molecule has 134 valence electrons. The number of nitrogens with one attached hydrogen (secondary N) is 2. The normalized spacial score (nSPS) is 15.7. The van der Waals surface area contributed by atoms with E-state index in [0.29, 0.717) is 23.9 Å². The number of benzene rings is 1. The number of amides is 2. The molecule has 1 fully saturated rings. The molecule has 0 unspecified atom stereocenters. The van der Waals surface area contributed by atoms with Gasteiger partial charge in [0.2, 0.25) is 0 Å². The number of anilines is 1. The van der Waals surface area contributed by atoms with Gasteiger partial charge in [-0.25, -0.2) is 4.79 Å². The Bertz CT molecular complexity index is 664. The van der Waals surface area contributed by atoms with Crippen LogP contribution in [0.15, 0.2) is 47.1 Å². The maximum absolute atomic E-state index is 12.1. The van der Waals surface area contributed by atoms with Crippen molar-refractivity contribution in [3.8, 4) is 5.75 Å². The minimum absolute atomic E-state index is 0.192. The van der Waals surface area contributed by atoms with Gasteiger partial charge in [0, 0.05) is 6.54 Å². The van der Waals surface area contributed by atoms with E-state index in [-0.39, 0.29) is 6.03 Å². The third-order valence-corrected chi connectivity index (χ3v) is 4.57. The summed E-state index contributed by atoms with van der Waals surface area (Å²) in [4.78, 5) is 14.5. The number of furan rings is 1. The lowest BCUT2D eigenvalue weighted by Gasteiger charge is -2.31. The van der Waals surface area contributed by atoms with Crippen LogP contribution in [0.2, 0.25) is 0 Å². The topological polar surface area (TPSA) is 66.7 Å². The van der Waals surface area contributed by atoms with Crippen molar-refractivity contribution in [2.24, 2.45) is 5.92 Å². The van der Waals surface area contributed by atoms with Gasteiger partial charge in [-0.1, -0.05) is 12.1 Å². The number of rotatable bonds is 6. The maximum atomic E-state index is 12.1. The lowest BCUT2D eigenvalue weighted by Crippen LogP contribution is -2.39. The molecule has 1 aliphatic rings. The second-order valence-corrected chi connectivity index (χ2v) is 6.33. The first-order valence-corrected chi connectivity index (χ1v) is 8.67. The molecule has 6 heteroatoms. The summed E-state index contributed by atoms with van der Waals surface area (Å²) in [6.07, 6.45) is 3.87. The first-order chi connectivity index (χ1) is 12.2. The molecular weight excluding hydrogens is 318 g/mol. The van der Waals surface area contributed by atoms with Crippen molar-refractivity contribution in [3.63, 3.8) is 0 Å². The highest BCUT2D eigenvalue weighted by molar-refractivity contribution is 5.90. The number of methoxy groups -OCH3 is 1. The molecule has 1 saturated heterocycles. The van der Waals surface area contributed by atoms with E-state index in [1.807, 2.05) is 36.4 Å². The molecule has 1 aliphatic heterocycles. The Morgan fingerprint density at radius 3 is 2.76 bits per heavy atom. The number of ether oxygens (including phenoxy) is 1. The van der Waals surface area contributed by atoms with E-state index in [9.17, 15) is 4.79 Å². The van der Waals surface area contributed by atoms with Gasteiger partial charge in [-0.05, 0) is 56.1 Å². The van der Waals surface area contributed by atoms with Crippen LogP contribution in [0.5, 0.6) is 5.75 Å². The standard InChI is InChI=1S/C19H25N3O3/c1-24-18-7-3-2-6-17(18)21-19(23)20-13-15-8-10-22(11-9-15)14-16-5-4-12-25-16/h2-7,12,15H,8-11,13-14H2,1H3,(H2,20,21,23). The molecular formula is C19H25N3O3. The first kappa shape index (κ1) is 17.4. The third-order valence-electron chi connectivity index (χ3n) is 4.57. The van der Waals surface area contributed by atoms with Crippen molar-refractivity contribution in [1.29, 1.82) is 0 Å². The van der Waals surface area contributed by atoms with Crippen LogP contribution in [-0.4, -0.2) is 37.7 Å². The van der Waals surface area contributed by atoms with E-state index in [4.69, 9.17) is 9.15 Å². The van der Waals surface area contributed by atoms with Crippen LogP contribution in [0.25, 0.3) is 0 Å². The van der Waals surface area contributed by atoms with Gasteiger partial charge in [-0.3, -0.25) is 4.90 Å². The molecule has 0 saturated carbocycles. The van der Waals surface area contributed by atoms with Gasteiger partial charge in [0.25, 0.3) is 0 Å². The zero-order chi connectivity index (χ0) is 17.5. The van der Waals surface area contributed by atoms with Crippen LogP contribution in [0.3, 0.4) is 0 Å². The number of likely N-dealkylation sites (tertiary alicyclic amines) is 1. The molecule has 0 aliphatic carbocycles. The van der Waals surface area contributed by atoms with Crippen molar-refractivity contribution in [2.75, 3.05) is 32.1 Å². The molecule has 1 aromatic carbocycles. The lowest BCUT2D eigenvalue weighted by molar-refractivity contribution is 0.165. The second kappa shape index (κ2) is 8.58. The van der Waals surface area contributed by atoms with Crippen molar-refractivity contribution < 1.29 is 13.9 Å². The van der Waals surface area contributed by atoms with E-state index >= 15 is 0 Å². The summed E-state index contributed by atoms with van der Waals surface area (Å²) in [7, 11) is 1.59. The fraction of sp³-hybridized carbons (Fsp3) is 0.421. The summed E-state index contributed by atoms with van der Waals surface area (Å²) in [6.45, 7) is 3.61. The maximum Gasteiger partial charge on any atom is 0.319 e. The molecule has 0 bridgehead atoms. The van der Waals surface area contributed by atoms with E-state index in [1.165, 1.54) is 0 Å². The summed E-state index contributed by atoms with van der Waals surface area (Å²) in [5.74, 6) is 2.17. The fourth-order valence-electron chi connectivity index (χ4n) is 3.12. The summed E-state index contributed by atoms with van der Waals surface area (Å²) >= 11 is 0. The molecule has 2 heterocycles. The van der Waals surface area contributed by atoms with Gasteiger partial charge in [-0.15, -0.1) is 0 Å². The Kier molecular flexibility index (Phi) is 5.95. The Hall–Kier alpha value is -2.47. The number of carbonyl (C=O) groups is 1. The van der Waals surface area contributed by atoms with Crippen LogP contribution in [0.1, 0.15) is 18.6 Å². The van der Waals surface area contributed by atoms with Gasteiger partial charge >= 0.3 is 6.03 Å². The van der Waals surface area contributed by atoms with Crippen LogP contribution in [-0.2, 0) is 6.54 Å². The van der Waals surface area contributed by atoms with E-state index < -0.39 is 0 Å². The van der Waals surface area contributed by atoms with E-state index in [2.05, 4.69) is 15.5 Å². The summed E-state index contributed by atoms with van der Waals surface area (Å²) in [6, 6.07) is 11.1. The number of para-hydroxylation sites is 2. The molecule has 2 N–H and O–H groups in total. The van der Waals surface area contributed by atoms with Gasteiger partial charge in [0.05, 0.1) is 25.6 Å². The highest BCUT2D eigenvalue weighted by atomic mass is 16.5. The molecule has 2 amide bonds. The SMILES string of the molecule is COc1ccccc1NC(=O)NCC1CCN(Cc2ccco2)CC1. The van der Waals surface area contributed by atoms with Crippen molar-refractivity contribution in [3.05, 3.63) is 48.4 Å². The molecule has 1 aromatic heterocycles. The highest BCUT2D eigenvalue weighted by Crippen LogP contribution is 2.23. The number of nitrogens with zero attached hydrogens (tertiary/aromatic N) is 1. The molecule has 3 rings (SSSR count). The fourth-order valence-corrected chi connectivity index (χ4v) is 3.12. The Morgan fingerprint density at radius 2 is 2.04 bits per heavy atom. The van der Waals surface area contributed by atoms with Crippen molar-refractivity contribution >= 4 is 11.7 Å². The van der Waals surface area contributed by atoms with Crippen LogP contribution in [0.4, 0.5) is 10.5 Å². The molecule has 0 spiro atoms. The largest absolute Gasteiger partial charge is 0.495 e. The zero-order valence-corrected chi connectivity index (χ0v) is 14.5. The average molecular weight is 343 g/mol. The third kappa shape index (κ3) is 5.00. The summed E-state index contributed by atoms with van der Waals surface area (Å²) < 4.78 is 10.6. The predicted molar refractivity (Wildman–Crippen MR) is 96.7 cm³/mol. The minimum Gasteiger partial charge on any atom is -0.495 e. The van der Waals surface area contributed by atoms with Gasteiger partial charge in [0.1, 0.15) is 11.5 Å². The Morgan fingerprint density at radius 1 is 1.24 bits per heavy atom. The van der Waals surface area contributed by atoms with Crippen molar-refractivity contribution in [1.82, 2.24) is 10.2 Å². The van der Waals surface area contributed by atoms with Gasteiger partial charge in [0.15, 0.2) is 0 Å². The molecule has 25 heavy (non-hydrogen) atoms. The smallest absolute Gasteiger partial charge is 0.319 e. The average Bonchev–Trinajstić information content (AvgIpc) is 3.15. The molecule has 0 atom stereocenters. The number of hydrogen-bond acceptors (Lipinski definition) is 4. The van der Waals surface area contributed by atoms with Crippen LogP contribution < -0.4 is 15.4 Å². The quantitative estimate of drug-likeness (QED) is 0.844. The molecule has 0 radical (unpaired) electrons. The number of piperidine rings is 1. The Labute approximate surface area is 148 Å². The van der Waals surface area contributed by atoms with E-state index in [1.54, 1.807) is 13.4 Å². The Balaban J connectivity index is 1.38. The van der Waals surface area contributed by atoms with Crippen LogP contribution >= 0.6 is 0 Å². The number of hydrogen-bond donors (Lipinski definition) is 2. The molecule has 2 aromatic rings. The predicted octanol–water partition coefficient (Wildman–Crippen LogP) is 3.32. The summed E-state index contributed by atoms with van der Waals surface area (Å²) in [5.41, 5.74) is 0.677. The second-order valence-electron chi connectivity index (χ2n) is 6.33. The minimum atomic E-state index is -0.192. The highest BCUT2D eigenvalue weighted by Gasteiger charge is 2.20. The van der Waals surface area contributed by atoms with E-state index in [0.717, 1.165) is 38.2 Å². The zero-order valence-electron chi connectivity index (χ0n) is 14.5. The van der Waals surface area contributed by atoms with Gasteiger partial charge < -0.3 is 19.8 Å².